The van der Waals surface area contributed by atoms with E-state index in [1.165, 1.54) is 17.8 Å². The van der Waals surface area contributed by atoms with E-state index in [2.05, 4.69) is 0 Å². The number of aliphatic carboxylic acids is 1. The van der Waals surface area contributed by atoms with E-state index in [-0.39, 0.29) is 6.03 Å². The summed E-state index contributed by atoms with van der Waals surface area (Å²) in [5, 5.41) is 10.5. The molecule has 2 heterocycles. The highest BCUT2D eigenvalue weighted by molar-refractivity contribution is 7.10. The topological polar surface area (TPSA) is 60.9 Å². The quantitative estimate of drug-likeness (QED) is 0.870. The summed E-state index contributed by atoms with van der Waals surface area (Å²) in [7, 11) is 1.81. The Hall–Kier alpha value is -1.82. The lowest BCUT2D eigenvalue weighted by Crippen LogP contribution is -2.43. The van der Waals surface area contributed by atoms with Crippen LogP contribution in [0.25, 0.3) is 6.08 Å². The first-order valence-corrected chi connectivity index (χ1v) is 7.92. The third-order valence-corrected chi connectivity index (χ3v) is 4.38. The molecule has 0 aromatic carbocycles. The van der Waals surface area contributed by atoms with Crippen LogP contribution in [-0.2, 0) is 11.3 Å². The van der Waals surface area contributed by atoms with Gasteiger partial charge in [0, 0.05) is 31.1 Å². The number of urea groups is 1. The minimum absolute atomic E-state index is 0.0747. The second-order valence-corrected chi connectivity index (χ2v) is 6.20. The van der Waals surface area contributed by atoms with Gasteiger partial charge in [0.15, 0.2) is 0 Å². The summed E-state index contributed by atoms with van der Waals surface area (Å²) in [6, 6.07) is 2.00. The van der Waals surface area contributed by atoms with Gasteiger partial charge in [0.25, 0.3) is 0 Å². The third kappa shape index (κ3) is 4.60. The number of piperidine rings is 1. The van der Waals surface area contributed by atoms with E-state index < -0.39 is 5.97 Å². The van der Waals surface area contributed by atoms with Crippen LogP contribution in [0.5, 0.6) is 0 Å². The minimum atomic E-state index is -0.958. The number of thiophene rings is 1. The number of nitrogens with zero attached hydrogens (tertiary/aromatic N) is 2. The highest BCUT2D eigenvalue weighted by Gasteiger charge is 2.20. The Morgan fingerprint density at radius 3 is 2.76 bits per heavy atom. The minimum Gasteiger partial charge on any atom is -0.478 e. The van der Waals surface area contributed by atoms with E-state index in [0.717, 1.165) is 42.4 Å². The Labute approximate surface area is 128 Å². The fraction of sp³-hybridized carbons (Fsp3) is 0.467. The molecule has 1 aromatic rings. The molecule has 0 saturated carbocycles. The molecule has 0 atom stereocenters. The number of likely N-dealkylation sites (tertiary alicyclic amines) is 1. The van der Waals surface area contributed by atoms with Gasteiger partial charge >= 0.3 is 12.0 Å². The monoisotopic (exact) mass is 308 g/mol. The molecule has 0 bridgehead atoms. The summed E-state index contributed by atoms with van der Waals surface area (Å²) in [6.45, 7) is 2.25. The van der Waals surface area contributed by atoms with Gasteiger partial charge in [0.05, 0.1) is 6.54 Å². The number of carbonyl (C=O) groups is 2. The van der Waals surface area contributed by atoms with Crippen molar-refractivity contribution in [2.45, 2.75) is 25.8 Å². The standard InChI is InChI=1S/C15H20N2O3S/c1-16(15(20)17-7-3-2-4-8-17)10-13-9-12(11-21-13)5-6-14(18)19/h5-6,9,11H,2-4,7-8,10H2,1H3,(H,18,19). The maximum Gasteiger partial charge on any atom is 0.328 e. The molecule has 1 saturated heterocycles. The van der Waals surface area contributed by atoms with Gasteiger partial charge in [-0.3, -0.25) is 0 Å². The Bertz CT molecular complexity index is 533. The number of rotatable bonds is 4. The van der Waals surface area contributed by atoms with Crippen LogP contribution in [0.4, 0.5) is 4.79 Å². The van der Waals surface area contributed by atoms with E-state index in [9.17, 15) is 9.59 Å². The predicted octanol–water partition coefficient (Wildman–Crippen LogP) is 2.88. The molecule has 0 unspecified atom stereocenters. The van der Waals surface area contributed by atoms with Crippen LogP contribution >= 0.6 is 11.3 Å². The van der Waals surface area contributed by atoms with E-state index in [4.69, 9.17) is 5.11 Å². The van der Waals surface area contributed by atoms with E-state index in [0.29, 0.717) is 6.54 Å². The molecule has 2 rings (SSSR count). The summed E-state index contributed by atoms with van der Waals surface area (Å²) >= 11 is 1.54. The fourth-order valence-corrected chi connectivity index (χ4v) is 3.27. The van der Waals surface area contributed by atoms with E-state index in [1.54, 1.807) is 11.0 Å². The van der Waals surface area contributed by atoms with Crippen LogP contribution in [-0.4, -0.2) is 47.0 Å². The number of carbonyl (C=O) groups excluding carboxylic acids is 1. The molecular weight excluding hydrogens is 288 g/mol. The highest BCUT2D eigenvalue weighted by Crippen LogP contribution is 2.19. The fourth-order valence-electron chi connectivity index (χ4n) is 2.36. The van der Waals surface area contributed by atoms with Crippen molar-refractivity contribution in [3.8, 4) is 0 Å². The zero-order valence-electron chi connectivity index (χ0n) is 12.1. The van der Waals surface area contributed by atoms with Crippen LogP contribution in [0.1, 0.15) is 29.7 Å². The SMILES string of the molecule is CN(Cc1cc(C=CC(=O)O)cs1)C(=O)N1CCCCC1. The zero-order chi connectivity index (χ0) is 15.2. The normalized spacial score (nSPS) is 15.4. The Morgan fingerprint density at radius 2 is 2.10 bits per heavy atom. The first-order valence-electron chi connectivity index (χ1n) is 7.05. The molecule has 5 nitrogen and oxygen atoms in total. The van der Waals surface area contributed by atoms with Crippen LogP contribution < -0.4 is 0 Å². The molecular formula is C15H20N2O3S. The summed E-state index contributed by atoms with van der Waals surface area (Å²) in [4.78, 5) is 27.4. The van der Waals surface area contributed by atoms with Gasteiger partial charge in [-0.15, -0.1) is 11.3 Å². The second-order valence-electron chi connectivity index (χ2n) is 5.20. The lowest BCUT2D eigenvalue weighted by atomic mass is 10.1. The van der Waals surface area contributed by atoms with Crippen molar-refractivity contribution in [3.05, 3.63) is 28.0 Å². The maximum atomic E-state index is 12.3. The molecule has 114 valence electrons. The second kappa shape index (κ2) is 7.26. The van der Waals surface area contributed by atoms with Crippen molar-refractivity contribution < 1.29 is 14.7 Å². The molecule has 1 N–H and O–H groups in total. The molecule has 2 amide bonds. The van der Waals surface area contributed by atoms with Crippen LogP contribution in [0, 0.1) is 0 Å². The van der Waals surface area contributed by atoms with Crippen LogP contribution in [0.3, 0.4) is 0 Å². The number of hydrogen-bond acceptors (Lipinski definition) is 3. The number of hydrogen-bond donors (Lipinski definition) is 1. The lowest BCUT2D eigenvalue weighted by molar-refractivity contribution is -0.131. The van der Waals surface area contributed by atoms with Crippen molar-refractivity contribution in [2.75, 3.05) is 20.1 Å². The smallest absolute Gasteiger partial charge is 0.328 e. The molecule has 1 fully saturated rings. The molecule has 21 heavy (non-hydrogen) atoms. The van der Waals surface area contributed by atoms with Crippen LogP contribution in [0.15, 0.2) is 17.5 Å². The maximum absolute atomic E-state index is 12.3. The lowest BCUT2D eigenvalue weighted by Gasteiger charge is -2.30. The largest absolute Gasteiger partial charge is 0.478 e. The third-order valence-electron chi connectivity index (χ3n) is 3.44. The highest BCUT2D eigenvalue weighted by atomic mass is 32.1. The van der Waals surface area contributed by atoms with Gasteiger partial charge in [-0.1, -0.05) is 0 Å². The van der Waals surface area contributed by atoms with Gasteiger partial charge in [0.1, 0.15) is 0 Å². The number of carboxylic acids is 1. The van der Waals surface area contributed by atoms with Crippen molar-refractivity contribution in [1.82, 2.24) is 9.80 Å². The number of amides is 2. The van der Waals surface area contributed by atoms with Gasteiger partial charge in [-0.25, -0.2) is 9.59 Å². The van der Waals surface area contributed by atoms with Crippen molar-refractivity contribution in [2.24, 2.45) is 0 Å². The number of carboxylic acid groups (broad SMARTS) is 1. The molecule has 1 aliphatic rings. The van der Waals surface area contributed by atoms with Crippen molar-refractivity contribution in [1.29, 1.82) is 0 Å². The first kappa shape index (κ1) is 15.6. The van der Waals surface area contributed by atoms with Gasteiger partial charge in [-0.2, -0.15) is 0 Å². The predicted molar refractivity (Wildman–Crippen MR) is 83.3 cm³/mol. The first-order chi connectivity index (χ1) is 10.1. The molecule has 1 aliphatic heterocycles. The van der Waals surface area contributed by atoms with Crippen LogP contribution in [0.2, 0.25) is 0 Å². The van der Waals surface area contributed by atoms with Gasteiger partial charge in [-0.05, 0) is 42.3 Å². The summed E-state index contributed by atoms with van der Waals surface area (Å²) in [6.07, 6.45) is 6.06. The Kier molecular flexibility index (Phi) is 5.38. The molecule has 0 aliphatic carbocycles. The summed E-state index contributed by atoms with van der Waals surface area (Å²) in [5.74, 6) is -0.958. The summed E-state index contributed by atoms with van der Waals surface area (Å²) < 4.78 is 0. The molecule has 0 spiro atoms. The van der Waals surface area contributed by atoms with Crippen molar-refractivity contribution in [3.63, 3.8) is 0 Å². The Balaban J connectivity index is 1.91. The van der Waals surface area contributed by atoms with Gasteiger partial charge in [0.2, 0.25) is 0 Å². The van der Waals surface area contributed by atoms with E-state index >= 15 is 0 Å². The zero-order valence-corrected chi connectivity index (χ0v) is 12.9. The van der Waals surface area contributed by atoms with E-state index in [1.807, 2.05) is 23.4 Å². The Morgan fingerprint density at radius 1 is 1.38 bits per heavy atom. The molecule has 0 radical (unpaired) electrons. The molecule has 6 heteroatoms. The van der Waals surface area contributed by atoms with Crippen molar-refractivity contribution >= 4 is 29.4 Å². The average molecular weight is 308 g/mol. The van der Waals surface area contributed by atoms with Gasteiger partial charge < -0.3 is 14.9 Å². The molecule has 1 aromatic heterocycles. The summed E-state index contributed by atoms with van der Waals surface area (Å²) in [5.41, 5.74) is 0.858. The average Bonchev–Trinajstić information content (AvgIpc) is 2.92.